The first-order chi connectivity index (χ1) is 16.6. The van der Waals surface area contributed by atoms with Gasteiger partial charge in [0, 0.05) is 0 Å². The van der Waals surface area contributed by atoms with E-state index >= 15 is 0 Å². The standard InChI is InChI=1S/C18H23O3.3C4H9.Sn/c1-2-20-18(19)14-16(17-10-6-7-13-21-17)12-11-15-8-4-3-5-9-15;3*1-3-4-2;/h3-5,8-9,17H,2,6-7,10-13H2,1H3;3*1,3-4H2,2H3;. The zero-order valence-electron chi connectivity index (χ0n) is 22.5. The number of carbonyl (C=O) groups excluding carboxylic acids is 1. The molecule has 1 atom stereocenters. The van der Waals surface area contributed by atoms with Crippen molar-refractivity contribution in [1.29, 1.82) is 0 Å². The van der Waals surface area contributed by atoms with Gasteiger partial charge in [-0.25, -0.2) is 0 Å². The summed E-state index contributed by atoms with van der Waals surface area (Å²) in [7, 11) is 0. The van der Waals surface area contributed by atoms with E-state index in [0.717, 1.165) is 32.3 Å². The summed E-state index contributed by atoms with van der Waals surface area (Å²) in [5.41, 5.74) is 2.68. The first-order valence-electron chi connectivity index (χ1n) is 14.2. The number of hydrogen-bond acceptors (Lipinski definition) is 3. The van der Waals surface area contributed by atoms with Crippen LogP contribution in [0.5, 0.6) is 0 Å². The first-order valence-corrected chi connectivity index (χ1v) is 21.7. The number of rotatable bonds is 16. The molecule has 0 radical (unpaired) electrons. The van der Waals surface area contributed by atoms with E-state index in [1.165, 1.54) is 73.0 Å². The van der Waals surface area contributed by atoms with Crippen LogP contribution in [0.1, 0.15) is 97.5 Å². The van der Waals surface area contributed by atoms with Crippen LogP contribution >= 0.6 is 0 Å². The molecule has 1 saturated heterocycles. The second kappa shape index (κ2) is 16.8. The SMILES string of the molecule is CCC[CH2][Sn]([CH2]CCC)([CH2]CCC)/[C](C(=O)OCC)=C(/CCc1ccccc1)C1CCCCO1. The average molecular weight is 577 g/mol. The van der Waals surface area contributed by atoms with E-state index in [-0.39, 0.29) is 12.1 Å². The monoisotopic (exact) mass is 578 g/mol. The predicted octanol–water partition coefficient (Wildman–Crippen LogP) is 8.44. The van der Waals surface area contributed by atoms with E-state index in [0.29, 0.717) is 6.61 Å². The minimum absolute atomic E-state index is 0.0128. The van der Waals surface area contributed by atoms with E-state index < -0.39 is 18.4 Å². The summed E-state index contributed by atoms with van der Waals surface area (Å²) >= 11 is -3.04. The van der Waals surface area contributed by atoms with Crippen molar-refractivity contribution in [2.24, 2.45) is 0 Å². The van der Waals surface area contributed by atoms with Crippen LogP contribution in [0.3, 0.4) is 0 Å². The van der Waals surface area contributed by atoms with E-state index in [4.69, 9.17) is 9.47 Å². The summed E-state index contributed by atoms with van der Waals surface area (Å²) in [4.78, 5) is 13.9. The summed E-state index contributed by atoms with van der Waals surface area (Å²) in [6, 6.07) is 10.7. The van der Waals surface area contributed by atoms with Gasteiger partial charge in [0.05, 0.1) is 0 Å². The minimum atomic E-state index is -3.04. The van der Waals surface area contributed by atoms with Crippen molar-refractivity contribution < 1.29 is 14.3 Å². The van der Waals surface area contributed by atoms with Crippen LogP contribution in [0.4, 0.5) is 0 Å². The van der Waals surface area contributed by atoms with Crippen molar-refractivity contribution in [3.05, 3.63) is 45.1 Å². The molecule has 3 nitrogen and oxygen atoms in total. The van der Waals surface area contributed by atoms with Gasteiger partial charge in [-0.05, 0) is 0 Å². The maximum absolute atomic E-state index is 13.9. The van der Waals surface area contributed by atoms with E-state index in [1.807, 2.05) is 6.92 Å². The molecule has 4 heteroatoms. The van der Waals surface area contributed by atoms with Crippen LogP contribution in [0.2, 0.25) is 13.3 Å². The fourth-order valence-electron chi connectivity index (χ4n) is 5.57. The van der Waals surface area contributed by atoms with Gasteiger partial charge in [0.15, 0.2) is 0 Å². The van der Waals surface area contributed by atoms with Gasteiger partial charge in [-0.15, -0.1) is 0 Å². The van der Waals surface area contributed by atoms with Gasteiger partial charge in [-0.2, -0.15) is 0 Å². The summed E-state index contributed by atoms with van der Waals surface area (Å²) in [5, 5.41) is 0. The number of esters is 1. The number of benzene rings is 1. The Morgan fingerprint density at radius 1 is 0.941 bits per heavy atom. The van der Waals surface area contributed by atoms with Gasteiger partial charge in [0.25, 0.3) is 0 Å². The molecule has 0 saturated carbocycles. The van der Waals surface area contributed by atoms with Gasteiger partial charge in [-0.1, -0.05) is 0 Å². The number of hydrogen-bond donors (Lipinski definition) is 0. The first kappa shape index (κ1) is 29.4. The molecule has 0 aromatic heterocycles. The maximum atomic E-state index is 13.9. The van der Waals surface area contributed by atoms with Crippen LogP contribution in [0.25, 0.3) is 0 Å². The van der Waals surface area contributed by atoms with Crippen molar-refractivity contribution in [2.75, 3.05) is 13.2 Å². The molecule has 0 N–H and O–H groups in total. The molecule has 1 aromatic rings. The molecule has 192 valence electrons. The van der Waals surface area contributed by atoms with Gasteiger partial charge in [0.2, 0.25) is 0 Å². The Balaban J connectivity index is 2.64. The summed E-state index contributed by atoms with van der Waals surface area (Å²) < 4.78 is 17.3. The zero-order chi connectivity index (χ0) is 24.7. The third-order valence-corrected chi connectivity index (χ3v) is 23.2. The molecule has 0 bridgehead atoms. The number of ether oxygens (including phenoxy) is 2. The van der Waals surface area contributed by atoms with Gasteiger partial charge in [0.1, 0.15) is 0 Å². The average Bonchev–Trinajstić information content (AvgIpc) is 2.88. The second-order valence-corrected chi connectivity index (χ2v) is 23.1. The van der Waals surface area contributed by atoms with Crippen molar-refractivity contribution in [1.82, 2.24) is 0 Å². The zero-order valence-corrected chi connectivity index (χ0v) is 25.4. The molecule has 1 aromatic carbocycles. The summed E-state index contributed by atoms with van der Waals surface area (Å²) in [6.07, 6.45) is 12.7. The summed E-state index contributed by atoms with van der Waals surface area (Å²) in [5.74, 6) is 0.0128. The molecule has 1 unspecified atom stereocenters. The molecule has 1 heterocycles. The molecular weight excluding hydrogens is 527 g/mol. The number of aryl methyl sites for hydroxylation is 1. The Morgan fingerprint density at radius 2 is 1.56 bits per heavy atom. The number of unbranched alkanes of at least 4 members (excludes halogenated alkanes) is 3. The van der Waals surface area contributed by atoms with Crippen LogP contribution in [-0.4, -0.2) is 43.7 Å². The van der Waals surface area contributed by atoms with Crippen LogP contribution < -0.4 is 0 Å². The van der Waals surface area contributed by atoms with E-state index in [1.54, 1.807) is 0 Å². The van der Waals surface area contributed by atoms with Crippen molar-refractivity contribution in [2.45, 2.75) is 118 Å². The summed E-state index contributed by atoms with van der Waals surface area (Å²) in [6.45, 7) is 10.1. The van der Waals surface area contributed by atoms with Crippen molar-refractivity contribution in [3.8, 4) is 0 Å². The Labute approximate surface area is 214 Å². The molecule has 1 aliphatic rings. The Morgan fingerprint density at radius 3 is 2.06 bits per heavy atom. The fraction of sp³-hybridized carbons (Fsp3) is 0.700. The topological polar surface area (TPSA) is 35.5 Å². The molecule has 0 aliphatic carbocycles. The fourth-order valence-corrected chi connectivity index (χ4v) is 22.9. The predicted molar refractivity (Wildman–Crippen MR) is 147 cm³/mol. The Bertz CT molecular complexity index is 700. The van der Waals surface area contributed by atoms with Crippen LogP contribution in [-0.2, 0) is 20.7 Å². The third-order valence-electron chi connectivity index (χ3n) is 7.45. The Hall–Kier alpha value is -0.811. The number of carbonyl (C=O) groups is 1. The van der Waals surface area contributed by atoms with Crippen LogP contribution in [0.15, 0.2) is 39.5 Å². The van der Waals surface area contributed by atoms with E-state index in [2.05, 4.69) is 51.1 Å². The van der Waals surface area contributed by atoms with Crippen LogP contribution in [0, 0.1) is 0 Å². The molecule has 1 aliphatic heterocycles. The molecular formula is C30H50O3Sn. The van der Waals surface area contributed by atoms with Gasteiger partial charge >= 0.3 is 215 Å². The van der Waals surface area contributed by atoms with Gasteiger partial charge < -0.3 is 0 Å². The quantitative estimate of drug-likeness (QED) is 0.112. The molecule has 34 heavy (non-hydrogen) atoms. The second-order valence-electron chi connectivity index (χ2n) is 10.1. The normalized spacial score (nSPS) is 17.4. The van der Waals surface area contributed by atoms with Crippen molar-refractivity contribution in [3.63, 3.8) is 0 Å². The van der Waals surface area contributed by atoms with Gasteiger partial charge in [-0.3, -0.25) is 0 Å². The van der Waals surface area contributed by atoms with Crippen molar-refractivity contribution >= 4 is 24.3 Å². The van der Waals surface area contributed by atoms with E-state index in [9.17, 15) is 4.79 Å². The molecule has 1 fully saturated rings. The molecule has 2 rings (SSSR count). The third kappa shape index (κ3) is 9.00. The molecule has 0 amide bonds. The molecule has 0 spiro atoms. The Kier molecular flexibility index (Phi) is 14.5.